The third kappa shape index (κ3) is 3.23. The van der Waals surface area contributed by atoms with E-state index in [2.05, 4.69) is 20.9 Å². The molecule has 6 heteroatoms. The quantitative estimate of drug-likeness (QED) is 0.784. The van der Waals surface area contributed by atoms with Gasteiger partial charge in [0, 0.05) is 48.7 Å². The Kier molecular flexibility index (Phi) is 4.50. The lowest BCUT2D eigenvalue weighted by Gasteiger charge is -2.28. The number of benzene rings is 1. The molecule has 6 nitrogen and oxygen atoms in total. The highest BCUT2D eigenvalue weighted by Gasteiger charge is 2.22. The van der Waals surface area contributed by atoms with Crippen LogP contribution in [0.4, 0.5) is 0 Å². The van der Waals surface area contributed by atoms with Gasteiger partial charge in [-0.1, -0.05) is 18.2 Å². The van der Waals surface area contributed by atoms with Crippen LogP contribution in [0.15, 0.2) is 53.6 Å². The second kappa shape index (κ2) is 7.09. The minimum Gasteiger partial charge on any atom is -0.496 e. The summed E-state index contributed by atoms with van der Waals surface area (Å²) in [6.07, 6.45) is 4.09. The molecule has 0 aliphatic carbocycles. The lowest BCUT2D eigenvalue weighted by Crippen LogP contribution is -2.35. The normalized spacial score (nSPS) is 14.0. The van der Waals surface area contributed by atoms with Crippen LogP contribution in [0, 0.1) is 0 Å². The summed E-state index contributed by atoms with van der Waals surface area (Å²) in [7, 11) is 1.69. The number of rotatable bonds is 4. The molecule has 1 aromatic carbocycles. The van der Waals surface area contributed by atoms with E-state index in [-0.39, 0.29) is 5.56 Å². The zero-order valence-corrected chi connectivity index (χ0v) is 14.6. The molecular formula is C20H20N4O2. The van der Waals surface area contributed by atoms with Crippen molar-refractivity contribution in [1.29, 1.82) is 0 Å². The highest BCUT2D eigenvalue weighted by molar-refractivity contribution is 5.54. The van der Waals surface area contributed by atoms with E-state index in [1.807, 2.05) is 30.3 Å². The Balaban J connectivity index is 1.62. The summed E-state index contributed by atoms with van der Waals surface area (Å²) in [6.45, 7) is 2.24. The van der Waals surface area contributed by atoms with Gasteiger partial charge in [0.05, 0.1) is 12.8 Å². The molecular weight excluding hydrogens is 328 g/mol. The summed E-state index contributed by atoms with van der Waals surface area (Å²) < 4.78 is 5.45. The summed E-state index contributed by atoms with van der Waals surface area (Å²) in [6, 6.07) is 11.7. The van der Waals surface area contributed by atoms with Gasteiger partial charge in [-0.3, -0.25) is 14.7 Å². The first-order valence-corrected chi connectivity index (χ1v) is 8.61. The Bertz CT molecular complexity index is 969. The van der Waals surface area contributed by atoms with Crippen molar-refractivity contribution in [2.24, 2.45) is 0 Å². The van der Waals surface area contributed by atoms with Crippen LogP contribution >= 0.6 is 0 Å². The summed E-state index contributed by atoms with van der Waals surface area (Å²) >= 11 is 0. The molecule has 0 atom stereocenters. The van der Waals surface area contributed by atoms with E-state index in [0.29, 0.717) is 18.8 Å². The lowest BCUT2D eigenvalue weighted by molar-refractivity contribution is 0.237. The monoisotopic (exact) mass is 348 g/mol. The number of fused-ring (bicyclic) bond motifs is 1. The molecule has 1 aliphatic rings. The van der Waals surface area contributed by atoms with Crippen LogP contribution in [0.25, 0.3) is 11.4 Å². The standard InChI is InChI=1S/C20H20N4O2/c1-26-18-5-3-2-4-15(18)12-24-11-8-16-17(13-24)22-19(23-20(16)25)14-6-9-21-10-7-14/h2-7,9-10H,8,11-13H2,1H3,(H,22,23,25). The minimum absolute atomic E-state index is 0.0428. The number of pyridine rings is 1. The SMILES string of the molecule is COc1ccccc1CN1CCc2c(nc(-c3ccncc3)[nH]c2=O)C1. The average Bonchev–Trinajstić information content (AvgIpc) is 2.69. The number of methoxy groups -OCH3 is 1. The Morgan fingerprint density at radius 2 is 2.00 bits per heavy atom. The minimum atomic E-state index is -0.0428. The third-order valence-electron chi connectivity index (χ3n) is 4.69. The largest absolute Gasteiger partial charge is 0.496 e. The molecule has 1 aliphatic heterocycles. The topological polar surface area (TPSA) is 71.1 Å². The molecule has 3 heterocycles. The van der Waals surface area contributed by atoms with Gasteiger partial charge in [0.1, 0.15) is 11.6 Å². The van der Waals surface area contributed by atoms with E-state index in [9.17, 15) is 4.79 Å². The van der Waals surface area contributed by atoms with Crippen LogP contribution in [0.1, 0.15) is 16.8 Å². The van der Waals surface area contributed by atoms with Gasteiger partial charge in [-0.15, -0.1) is 0 Å². The summed E-state index contributed by atoms with van der Waals surface area (Å²) in [4.78, 5) is 26.4. The number of H-pyrrole nitrogens is 1. The van der Waals surface area contributed by atoms with Gasteiger partial charge in [0.2, 0.25) is 0 Å². The number of nitrogens with zero attached hydrogens (tertiary/aromatic N) is 3. The van der Waals surface area contributed by atoms with Gasteiger partial charge >= 0.3 is 0 Å². The molecule has 4 rings (SSSR count). The number of nitrogens with one attached hydrogen (secondary N) is 1. The molecule has 0 unspecified atom stereocenters. The molecule has 26 heavy (non-hydrogen) atoms. The van der Waals surface area contributed by atoms with Gasteiger partial charge in [-0.2, -0.15) is 0 Å². The fraction of sp³-hybridized carbons (Fsp3) is 0.250. The van der Waals surface area contributed by atoms with Crippen LogP contribution in [0.2, 0.25) is 0 Å². The Morgan fingerprint density at radius 1 is 1.19 bits per heavy atom. The van der Waals surface area contributed by atoms with Crippen molar-refractivity contribution in [2.45, 2.75) is 19.5 Å². The first-order valence-electron chi connectivity index (χ1n) is 8.61. The molecule has 0 spiro atoms. The van der Waals surface area contributed by atoms with E-state index in [4.69, 9.17) is 9.72 Å². The maximum Gasteiger partial charge on any atom is 0.254 e. The van der Waals surface area contributed by atoms with Gasteiger partial charge in [-0.05, 0) is 24.6 Å². The summed E-state index contributed by atoms with van der Waals surface area (Å²) in [5.74, 6) is 1.48. The Morgan fingerprint density at radius 3 is 2.81 bits per heavy atom. The second-order valence-electron chi connectivity index (χ2n) is 6.35. The highest BCUT2D eigenvalue weighted by atomic mass is 16.5. The van der Waals surface area contributed by atoms with Crippen molar-refractivity contribution in [3.8, 4) is 17.1 Å². The first kappa shape index (κ1) is 16.5. The number of ether oxygens (including phenoxy) is 1. The van der Waals surface area contributed by atoms with Crippen molar-refractivity contribution in [2.75, 3.05) is 13.7 Å². The third-order valence-corrected chi connectivity index (χ3v) is 4.69. The summed E-state index contributed by atoms with van der Waals surface area (Å²) in [5.41, 5.74) is 3.60. The van der Waals surface area contributed by atoms with Crippen LogP contribution in [0.5, 0.6) is 5.75 Å². The van der Waals surface area contributed by atoms with Crippen molar-refractivity contribution in [1.82, 2.24) is 19.9 Å². The van der Waals surface area contributed by atoms with E-state index < -0.39 is 0 Å². The van der Waals surface area contributed by atoms with Gasteiger partial charge in [0.15, 0.2) is 0 Å². The molecule has 0 saturated heterocycles. The molecule has 132 valence electrons. The van der Waals surface area contributed by atoms with E-state index in [0.717, 1.165) is 41.2 Å². The predicted octanol–water partition coefficient (Wildman–Crippen LogP) is 2.40. The van der Waals surface area contributed by atoms with Crippen LogP contribution in [-0.4, -0.2) is 33.5 Å². The van der Waals surface area contributed by atoms with Crippen molar-refractivity contribution < 1.29 is 4.74 Å². The smallest absolute Gasteiger partial charge is 0.254 e. The zero-order valence-electron chi connectivity index (χ0n) is 14.6. The molecule has 0 bridgehead atoms. The number of para-hydroxylation sites is 1. The highest BCUT2D eigenvalue weighted by Crippen LogP contribution is 2.23. The molecule has 0 fully saturated rings. The maximum absolute atomic E-state index is 12.5. The number of aromatic nitrogens is 3. The lowest BCUT2D eigenvalue weighted by atomic mass is 10.0. The fourth-order valence-electron chi connectivity index (χ4n) is 3.35. The van der Waals surface area contributed by atoms with E-state index >= 15 is 0 Å². The molecule has 0 amide bonds. The Labute approximate surface area is 151 Å². The van der Waals surface area contributed by atoms with Crippen LogP contribution in [0.3, 0.4) is 0 Å². The predicted molar refractivity (Wildman–Crippen MR) is 98.9 cm³/mol. The molecule has 3 aromatic rings. The van der Waals surface area contributed by atoms with Crippen molar-refractivity contribution >= 4 is 0 Å². The molecule has 1 N–H and O–H groups in total. The number of hydrogen-bond donors (Lipinski definition) is 1. The number of hydrogen-bond acceptors (Lipinski definition) is 5. The van der Waals surface area contributed by atoms with Crippen LogP contribution < -0.4 is 10.3 Å². The van der Waals surface area contributed by atoms with Gasteiger partial charge in [-0.25, -0.2) is 4.98 Å². The first-order chi connectivity index (χ1) is 12.7. The summed E-state index contributed by atoms with van der Waals surface area (Å²) in [5, 5.41) is 0. The number of aromatic amines is 1. The van der Waals surface area contributed by atoms with Crippen LogP contribution in [-0.2, 0) is 19.5 Å². The van der Waals surface area contributed by atoms with Crippen molar-refractivity contribution in [3.63, 3.8) is 0 Å². The molecule has 0 saturated carbocycles. The van der Waals surface area contributed by atoms with E-state index in [1.54, 1.807) is 19.5 Å². The maximum atomic E-state index is 12.5. The molecule has 2 aromatic heterocycles. The van der Waals surface area contributed by atoms with Crippen molar-refractivity contribution in [3.05, 3.63) is 76.0 Å². The van der Waals surface area contributed by atoms with E-state index in [1.165, 1.54) is 0 Å². The average molecular weight is 348 g/mol. The van der Waals surface area contributed by atoms with Gasteiger partial charge < -0.3 is 9.72 Å². The Hall–Kier alpha value is -2.99. The second-order valence-corrected chi connectivity index (χ2v) is 6.35. The molecule has 0 radical (unpaired) electrons. The fourth-order valence-corrected chi connectivity index (χ4v) is 3.35. The zero-order chi connectivity index (χ0) is 17.9. The van der Waals surface area contributed by atoms with Gasteiger partial charge in [0.25, 0.3) is 5.56 Å².